The van der Waals surface area contributed by atoms with E-state index in [0.717, 1.165) is 62.7 Å². The topological polar surface area (TPSA) is 206 Å². The number of anilines is 2. The van der Waals surface area contributed by atoms with Gasteiger partial charge in [-0.3, -0.25) is 0 Å². The molecule has 1 atom stereocenters. The molecule has 0 bridgehead atoms. The molecule has 0 radical (unpaired) electrons. The molecule has 2 heterocycles. The minimum Gasteiger partial charge on any atom is -0.465 e. The summed E-state index contributed by atoms with van der Waals surface area (Å²) in [5.74, 6) is 0.509. The Labute approximate surface area is 745 Å². The van der Waals surface area contributed by atoms with Gasteiger partial charge in [-0.25, -0.2) is 24.0 Å². The highest BCUT2D eigenvalue weighted by atomic mass is 16.6. The Morgan fingerprint density at radius 1 is 0.352 bits per heavy atom. The number of carboxylic acid groups (broad SMARTS) is 1. The van der Waals surface area contributed by atoms with Crippen LogP contribution in [0.3, 0.4) is 0 Å². The van der Waals surface area contributed by atoms with Crippen molar-refractivity contribution in [2.75, 3.05) is 75.4 Å². The van der Waals surface area contributed by atoms with E-state index in [1.807, 2.05) is 64.4 Å². The van der Waals surface area contributed by atoms with Crippen LogP contribution in [0.4, 0.5) is 30.6 Å². The molecule has 3 aromatic rings. The average molecular weight is 1700 g/mol. The first-order valence-electron chi connectivity index (χ1n) is 50.6. The lowest BCUT2D eigenvalue weighted by Crippen LogP contribution is -2.36. The summed E-state index contributed by atoms with van der Waals surface area (Å²) in [5, 5.41) is 19.7. The molecular weight excluding hydrogens is 1520 g/mol. The number of hydrogen-bond acceptors (Lipinski definition) is 12. The summed E-state index contributed by atoms with van der Waals surface area (Å²) in [4.78, 5) is 67.1. The van der Waals surface area contributed by atoms with Crippen molar-refractivity contribution in [3.63, 3.8) is 0 Å². The molecular formula is C105H182N6O11. The number of benzene rings is 3. The van der Waals surface area contributed by atoms with Gasteiger partial charge < -0.3 is 59.9 Å². The van der Waals surface area contributed by atoms with E-state index in [-0.39, 0.29) is 27.2 Å². The van der Waals surface area contributed by atoms with Gasteiger partial charge in [0.1, 0.15) is 31.3 Å². The van der Waals surface area contributed by atoms with E-state index in [0.29, 0.717) is 79.6 Å². The minimum atomic E-state index is -1.33. The second-order valence-electron chi connectivity index (χ2n) is 35.1. The first kappa shape index (κ1) is 110. The molecule has 2 aliphatic heterocycles. The SMILES string of the molecule is C.C=CN(CCOC(=O)NCCCCCCCCCCCCCCCCCC)c1ccc2c(c1)Oc1cc(N(CCOC(=O)NCCCCCCCCCCCCCCCCCC)CCOC(=O)NCCCCCCCCCCCCCCCCCC)ccc1C21OC(=O)c2ccccc21.CCCCCCCCCCCCCCCCCCNC(=O)O. The number of nitrogens with zero attached hydrogens (tertiary/aromatic N) is 2. The van der Waals surface area contributed by atoms with Crippen LogP contribution >= 0.6 is 0 Å². The zero-order valence-corrected chi connectivity index (χ0v) is 77.8. The molecule has 4 amide bonds. The Morgan fingerprint density at radius 2 is 0.615 bits per heavy atom. The van der Waals surface area contributed by atoms with Crippen molar-refractivity contribution in [3.05, 3.63) is 95.7 Å². The maximum atomic E-state index is 13.9. The Hall–Kier alpha value is -6.65. The van der Waals surface area contributed by atoms with Crippen molar-refractivity contribution >= 4 is 41.7 Å². The predicted molar refractivity (Wildman–Crippen MR) is 513 cm³/mol. The number of hydrogen-bond donors (Lipinski definition) is 5. The average Bonchev–Trinajstić information content (AvgIpc) is 1.51. The zero-order chi connectivity index (χ0) is 86.6. The summed E-state index contributed by atoms with van der Waals surface area (Å²) in [5.41, 5.74) is 2.63. The summed E-state index contributed by atoms with van der Waals surface area (Å²) < 4.78 is 30.6. The van der Waals surface area contributed by atoms with Crippen LogP contribution in [-0.2, 0) is 24.5 Å². The van der Waals surface area contributed by atoms with E-state index in [4.69, 9.17) is 28.8 Å². The number of amides is 4. The molecule has 17 heteroatoms. The van der Waals surface area contributed by atoms with Gasteiger partial charge in [-0.1, -0.05) is 445 Å². The first-order valence-corrected chi connectivity index (χ1v) is 50.6. The van der Waals surface area contributed by atoms with Gasteiger partial charge in [-0.05, 0) is 62.2 Å². The number of carbonyl (C=O) groups excluding carboxylic acids is 4. The fourth-order valence-electron chi connectivity index (χ4n) is 17.1. The normalized spacial score (nSPS) is 12.9. The first-order chi connectivity index (χ1) is 59.5. The number of esters is 1. The molecule has 0 saturated carbocycles. The lowest BCUT2D eigenvalue weighted by molar-refractivity contribution is 0.0224. The number of rotatable bonds is 80. The molecule has 5 N–H and O–H groups in total. The van der Waals surface area contributed by atoms with Crippen LogP contribution in [-0.4, -0.2) is 101 Å². The van der Waals surface area contributed by atoms with Gasteiger partial charge >= 0.3 is 30.3 Å². The highest BCUT2D eigenvalue weighted by Crippen LogP contribution is 2.57. The summed E-state index contributed by atoms with van der Waals surface area (Å²) in [6.45, 7) is 16.7. The molecule has 0 aromatic heterocycles. The van der Waals surface area contributed by atoms with Crippen molar-refractivity contribution < 1.29 is 52.8 Å². The van der Waals surface area contributed by atoms with Crippen molar-refractivity contribution in [1.29, 1.82) is 0 Å². The van der Waals surface area contributed by atoms with Crippen molar-refractivity contribution in [2.24, 2.45) is 0 Å². The second kappa shape index (κ2) is 76.8. The Kier molecular flexibility index (Phi) is 68.9. The van der Waals surface area contributed by atoms with Gasteiger partial charge in [0.25, 0.3) is 0 Å². The molecule has 122 heavy (non-hydrogen) atoms. The van der Waals surface area contributed by atoms with E-state index in [2.05, 4.69) is 55.5 Å². The standard InChI is InChI=1S/C85H139N5O9.C19H39NO2.CH4/c1-5-9-12-15-18-21-24-27-30-33-36-39-42-45-48-53-62-86-82(92)95-68-65-89(8-4)73-58-60-77-79(71-73)98-80-72-74(59-61-78(80)85(77)76-57-52-51-56-75(76)81(91)99-85)90(66-69-96-83(93)87-63-54-49-46-43-40-37-34-31-28-25-22-19-16-13-10-6-2)67-70-97-84(94)88-64-55-50-47-44-41-38-35-32-29-26-23-20-17-14-11-7-3;1-2-3-4-5-6-7-8-9-10-11-12-13-14-15-16-17-18-20-19(21)22;/h8,51-52,56-61,71-72H,4-7,9-50,53-55,62-70H2,1-3H3,(H,86,92)(H,87,93)(H,88,94);20H,2-18H2,1H3,(H,21,22);1H4. The van der Waals surface area contributed by atoms with Crippen LogP contribution in [0.2, 0.25) is 0 Å². The van der Waals surface area contributed by atoms with E-state index in [9.17, 15) is 24.0 Å². The molecule has 0 aliphatic carbocycles. The Bertz CT molecular complexity index is 3000. The van der Waals surface area contributed by atoms with Gasteiger partial charge in [0.2, 0.25) is 0 Å². The fourth-order valence-corrected chi connectivity index (χ4v) is 17.1. The third-order valence-electron chi connectivity index (χ3n) is 24.6. The van der Waals surface area contributed by atoms with Crippen LogP contribution in [0.1, 0.15) is 473 Å². The molecule has 5 rings (SSSR count). The van der Waals surface area contributed by atoms with Crippen LogP contribution in [0.25, 0.3) is 0 Å². The van der Waals surface area contributed by atoms with Crippen LogP contribution in [0, 0.1) is 0 Å². The Morgan fingerprint density at radius 3 is 0.910 bits per heavy atom. The molecule has 0 saturated heterocycles. The minimum absolute atomic E-state index is 0. The monoisotopic (exact) mass is 1700 g/mol. The van der Waals surface area contributed by atoms with Crippen molar-refractivity contribution in [1.82, 2.24) is 21.3 Å². The summed E-state index contributed by atoms with van der Waals surface area (Å²) >= 11 is 0. The van der Waals surface area contributed by atoms with Crippen molar-refractivity contribution in [3.8, 4) is 11.5 Å². The number of alkyl carbamates (subject to hydrolysis) is 3. The summed E-state index contributed by atoms with van der Waals surface area (Å²) in [6, 6.07) is 19.0. The lowest BCUT2D eigenvalue weighted by Gasteiger charge is -2.37. The van der Waals surface area contributed by atoms with E-state index in [1.54, 1.807) is 12.3 Å². The van der Waals surface area contributed by atoms with E-state index >= 15 is 0 Å². The quantitative estimate of drug-likeness (QED) is 0.0203. The molecule has 2 aliphatic rings. The number of ether oxygens (including phenoxy) is 5. The molecule has 0 fully saturated rings. The van der Waals surface area contributed by atoms with Gasteiger partial charge in [0.15, 0.2) is 5.60 Å². The number of carbonyl (C=O) groups is 5. The van der Waals surface area contributed by atoms with Gasteiger partial charge in [-0.2, -0.15) is 0 Å². The smallest absolute Gasteiger partial charge is 0.407 e. The number of fused-ring (bicyclic) bond motifs is 6. The molecule has 3 aromatic carbocycles. The van der Waals surface area contributed by atoms with Gasteiger partial charge in [0, 0.05) is 66.4 Å². The number of unbranched alkanes of at least 4 members (excludes halogenated alkanes) is 60. The number of nitrogens with one attached hydrogen (secondary N) is 4. The summed E-state index contributed by atoms with van der Waals surface area (Å²) in [6.07, 6.45) is 83.2. The van der Waals surface area contributed by atoms with Crippen molar-refractivity contribution in [2.45, 2.75) is 452 Å². The third kappa shape index (κ3) is 52.3. The fraction of sp³-hybridized carbons (Fsp3) is 0.762. The molecule has 698 valence electrons. The van der Waals surface area contributed by atoms with E-state index in [1.165, 1.54) is 360 Å². The third-order valence-corrected chi connectivity index (χ3v) is 24.6. The maximum Gasteiger partial charge on any atom is 0.407 e. The van der Waals surface area contributed by atoms with Crippen LogP contribution in [0.15, 0.2) is 73.4 Å². The largest absolute Gasteiger partial charge is 0.465 e. The zero-order valence-electron chi connectivity index (χ0n) is 77.8. The molecule has 17 nitrogen and oxygen atoms in total. The summed E-state index contributed by atoms with van der Waals surface area (Å²) in [7, 11) is 0. The predicted octanol–water partition coefficient (Wildman–Crippen LogP) is 31.1. The van der Waals surface area contributed by atoms with Gasteiger partial charge in [-0.15, -0.1) is 0 Å². The Balaban J connectivity index is 0.00000145. The van der Waals surface area contributed by atoms with Crippen LogP contribution in [0.5, 0.6) is 11.5 Å². The molecule has 1 unspecified atom stereocenters. The lowest BCUT2D eigenvalue weighted by atomic mass is 9.77. The maximum absolute atomic E-state index is 13.9. The van der Waals surface area contributed by atoms with E-state index < -0.39 is 35.9 Å². The molecule has 1 spiro atoms. The highest BCUT2D eigenvalue weighted by Gasteiger charge is 2.53. The van der Waals surface area contributed by atoms with Crippen LogP contribution < -0.4 is 35.8 Å². The highest BCUT2D eigenvalue weighted by molar-refractivity contribution is 5.97. The second-order valence-corrected chi connectivity index (χ2v) is 35.1. The van der Waals surface area contributed by atoms with Gasteiger partial charge in [0.05, 0.1) is 25.2 Å².